The molecule has 0 aliphatic carbocycles. The number of pyridine rings is 1. The molecule has 1 aromatic carbocycles. The number of halogens is 1. The summed E-state index contributed by atoms with van der Waals surface area (Å²) in [6.45, 7) is 2.19. The van der Waals surface area contributed by atoms with Crippen molar-refractivity contribution in [3.63, 3.8) is 0 Å². The van der Waals surface area contributed by atoms with Crippen molar-refractivity contribution in [2.45, 2.75) is 6.42 Å². The number of cyclic esters (lactones) is 1. The normalized spacial score (nSPS) is 13.6. The van der Waals surface area contributed by atoms with Crippen LogP contribution in [0.2, 0.25) is 0 Å². The number of ether oxygens (including phenoxy) is 1. The molecule has 2 aromatic heterocycles. The number of nitrogens with zero attached hydrogens (tertiary/aromatic N) is 4. The van der Waals surface area contributed by atoms with Crippen LogP contribution >= 0.6 is 0 Å². The first-order chi connectivity index (χ1) is 13.7. The van der Waals surface area contributed by atoms with E-state index in [0.717, 1.165) is 5.56 Å². The first-order valence-corrected chi connectivity index (χ1v) is 8.86. The van der Waals surface area contributed by atoms with E-state index in [-0.39, 0.29) is 11.9 Å². The number of anilines is 1. The second kappa shape index (κ2) is 8.03. The molecule has 1 amide bonds. The summed E-state index contributed by atoms with van der Waals surface area (Å²) in [6, 6.07) is 9.82. The van der Waals surface area contributed by atoms with Gasteiger partial charge in [-0.1, -0.05) is 17.3 Å². The van der Waals surface area contributed by atoms with Crippen LogP contribution in [0.5, 0.6) is 0 Å². The Kier molecular flexibility index (Phi) is 5.14. The van der Waals surface area contributed by atoms with Crippen LogP contribution in [0, 0.1) is 5.82 Å². The minimum atomic E-state index is -0.280. The molecule has 1 saturated heterocycles. The molecule has 0 spiro atoms. The molecular formula is C19H18FN5O3. The first-order valence-electron chi connectivity index (χ1n) is 8.86. The van der Waals surface area contributed by atoms with Gasteiger partial charge in [0.1, 0.15) is 18.2 Å². The van der Waals surface area contributed by atoms with Gasteiger partial charge in [-0.15, -0.1) is 0 Å². The van der Waals surface area contributed by atoms with Crippen LogP contribution in [0.4, 0.5) is 15.0 Å². The minimum Gasteiger partial charge on any atom is -0.448 e. The second-order valence-electron chi connectivity index (χ2n) is 6.28. The molecule has 3 aromatic rings. The van der Waals surface area contributed by atoms with Gasteiger partial charge < -0.3 is 19.5 Å². The number of aromatic nitrogens is 3. The van der Waals surface area contributed by atoms with E-state index in [1.807, 2.05) is 12.1 Å². The lowest BCUT2D eigenvalue weighted by atomic mass is 10.1. The smallest absolute Gasteiger partial charge is 0.409 e. The third kappa shape index (κ3) is 4.25. The number of amides is 1. The summed E-state index contributed by atoms with van der Waals surface area (Å²) in [4.78, 5) is 21.7. The van der Waals surface area contributed by atoms with Crippen LogP contribution in [0.3, 0.4) is 0 Å². The van der Waals surface area contributed by atoms with Gasteiger partial charge in [0.05, 0.1) is 12.1 Å². The van der Waals surface area contributed by atoms with Crippen LogP contribution in [-0.4, -0.2) is 52.4 Å². The summed E-state index contributed by atoms with van der Waals surface area (Å²) in [5.41, 5.74) is 1.60. The topological polar surface area (TPSA) is 93.4 Å². The zero-order valence-electron chi connectivity index (χ0n) is 15.0. The van der Waals surface area contributed by atoms with Gasteiger partial charge in [0, 0.05) is 25.7 Å². The van der Waals surface area contributed by atoms with Gasteiger partial charge in [0.15, 0.2) is 5.82 Å². The molecule has 1 fully saturated rings. The Balaban J connectivity index is 1.33. The van der Waals surface area contributed by atoms with Gasteiger partial charge in [-0.2, -0.15) is 4.98 Å². The number of carbonyl (C=O) groups is 1. The molecule has 0 atom stereocenters. The molecule has 28 heavy (non-hydrogen) atoms. The van der Waals surface area contributed by atoms with E-state index in [4.69, 9.17) is 9.26 Å². The fourth-order valence-electron chi connectivity index (χ4n) is 2.80. The Morgan fingerprint density at radius 1 is 1.18 bits per heavy atom. The molecular weight excluding hydrogens is 365 g/mol. The Morgan fingerprint density at radius 3 is 2.75 bits per heavy atom. The lowest BCUT2D eigenvalue weighted by Gasteiger charge is -2.13. The summed E-state index contributed by atoms with van der Waals surface area (Å²) in [7, 11) is 0. The molecule has 3 heterocycles. The predicted octanol–water partition coefficient (Wildman–Crippen LogP) is 2.73. The highest BCUT2D eigenvalue weighted by molar-refractivity contribution is 5.69. The van der Waals surface area contributed by atoms with Crippen molar-refractivity contribution in [3.05, 3.63) is 59.8 Å². The Labute approximate surface area is 160 Å². The minimum absolute atomic E-state index is 0.280. The van der Waals surface area contributed by atoms with Crippen LogP contribution in [0.1, 0.15) is 11.4 Å². The van der Waals surface area contributed by atoms with E-state index in [1.165, 1.54) is 12.1 Å². The fraction of sp³-hybridized carbons (Fsp3) is 0.263. The molecule has 144 valence electrons. The average molecular weight is 383 g/mol. The summed E-state index contributed by atoms with van der Waals surface area (Å²) < 4.78 is 23.1. The number of benzene rings is 1. The van der Waals surface area contributed by atoms with Crippen molar-refractivity contribution in [1.29, 1.82) is 0 Å². The Morgan fingerprint density at radius 2 is 2.04 bits per heavy atom. The Bertz CT molecular complexity index is 943. The standard InChI is InChI=1S/C19H18FN5O3/c20-15-4-1-13(2-5-15)11-17-23-18(28-24-17)14-3-6-16(22-12-14)21-7-8-25-9-10-27-19(25)26/h1-6,12H,7-11H2,(H,21,22). The number of nitrogens with one attached hydrogen (secondary N) is 1. The summed E-state index contributed by atoms with van der Waals surface area (Å²) in [5, 5.41) is 7.12. The third-order valence-electron chi connectivity index (χ3n) is 4.29. The molecule has 9 heteroatoms. The zero-order valence-corrected chi connectivity index (χ0v) is 15.0. The van der Waals surface area contributed by atoms with E-state index < -0.39 is 0 Å². The number of rotatable bonds is 7. The van der Waals surface area contributed by atoms with Crippen molar-refractivity contribution < 1.29 is 18.4 Å². The van der Waals surface area contributed by atoms with Gasteiger partial charge in [-0.3, -0.25) is 0 Å². The number of hydrogen-bond acceptors (Lipinski definition) is 7. The molecule has 1 aliphatic rings. The zero-order chi connectivity index (χ0) is 19.3. The Hall–Kier alpha value is -3.49. The third-order valence-corrected chi connectivity index (χ3v) is 4.29. The molecule has 0 unspecified atom stereocenters. The van der Waals surface area contributed by atoms with Crippen LogP contribution in [0.25, 0.3) is 11.5 Å². The van der Waals surface area contributed by atoms with Crippen molar-refractivity contribution in [2.75, 3.05) is 31.6 Å². The summed E-state index contributed by atoms with van der Waals surface area (Å²) in [5.74, 6) is 1.29. The van der Waals surface area contributed by atoms with Crippen molar-refractivity contribution in [1.82, 2.24) is 20.0 Å². The SMILES string of the molecule is O=C1OCCN1CCNc1ccc(-c2nc(Cc3ccc(F)cc3)no2)cn1. The van der Waals surface area contributed by atoms with Crippen LogP contribution < -0.4 is 5.32 Å². The van der Waals surface area contributed by atoms with E-state index in [1.54, 1.807) is 23.2 Å². The monoisotopic (exact) mass is 383 g/mol. The first kappa shape index (κ1) is 17.9. The lowest BCUT2D eigenvalue weighted by Crippen LogP contribution is -2.29. The largest absolute Gasteiger partial charge is 0.448 e. The van der Waals surface area contributed by atoms with Gasteiger partial charge in [0.2, 0.25) is 0 Å². The average Bonchev–Trinajstić information content (AvgIpc) is 3.34. The maximum Gasteiger partial charge on any atom is 0.409 e. The van der Waals surface area contributed by atoms with Crippen molar-refractivity contribution >= 4 is 11.9 Å². The fourth-order valence-corrected chi connectivity index (χ4v) is 2.80. The maximum atomic E-state index is 13.0. The molecule has 1 N–H and O–H groups in total. The second-order valence-corrected chi connectivity index (χ2v) is 6.28. The molecule has 0 saturated carbocycles. The van der Waals surface area contributed by atoms with Crippen LogP contribution in [-0.2, 0) is 11.2 Å². The summed E-state index contributed by atoms with van der Waals surface area (Å²) in [6.07, 6.45) is 1.81. The van der Waals surface area contributed by atoms with E-state index in [2.05, 4.69) is 20.4 Å². The molecule has 1 aliphatic heterocycles. The van der Waals surface area contributed by atoms with Gasteiger partial charge >= 0.3 is 6.09 Å². The van der Waals surface area contributed by atoms with Gasteiger partial charge in [-0.05, 0) is 29.8 Å². The summed E-state index contributed by atoms with van der Waals surface area (Å²) >= 11 is 0. The molecule has 4 rings (SSSR count). The molecule has 0 bridgehead atoms. The molecule has 0 radical (unpaired) electrons. The highest BCUT2D eigenvalue weighted by Gasteiger charge is 2.20. The van der Waals surface area contributed by atoms with E-state index >= 15 is 0 Å². The lowest BCUT2D eigenvalue weighted by molar-refractivity contribution is 0.159. The number of hydrogen-bond donors (Lipinski definition) is 1. The highest BCUT2D eigenvalue weighted by Crippen LogP contribution is 2.19. The van der Waals surface area contributed by atoms with E-state index in [0.29, 0.717) is 55.8 Å². The van der Waals surface area contributed by atoms with Gasteiger partial charge in [-0.25, -0.2) is 14.2 Å². The quantitative estimate of drug-likeness (QED) is 0.670. The number of carbonyl (C=O) groups excluding carboxylic acids is 1. The van der Waals surface area contributed by atoms with Crippen molar-refractivity contribution in [3.8, 4) is 11.5 Å². The molecule has 8 nitrogen and oxygen atoms in total. The van der Waals surface area contributed by atoms with Crippen molar-refractivity contribution in [2.24, 2.45) is 0 Å². The predicted molar refractivity (Wildman–Crippen MR) is 98.1 cm³/mol. The maximum absolute atomic E-state index is 13.0. The highest BCUT2D eigenvalue weighted by atomic mass is 19.1. The van der Waals surface area contributed by atoms with Gasteiger partial charge in [0.25, 0.3) is 5.89 Å². The van der Waals surface area contributed by atoms with E-state index in [9.17, 15) is 9.18 Å². The van der Waals surface area contributed by atoms with Crippen LogP contribution in [0.15, 0.2) is 47.1 Å².